The van der Waals surface area contributed by atoms with Gasteiger partial charge in [-0.15, -0.1) is 0 Å². The Balaban J connectivity index is 1.42. The largest absolute Gasteiger partial charge is 0.299 e. The van der Waals surface area contributed by atoms with Gasteiger partial charge in [-0.25, -0.2) is 0 Å². The Morgan fingerprint density at radius 3 is 2.68 bits per heavy atom. The Kier molecular flexibility index (Phi) is 4.43. The van der Waals surface area contributed by atoms with E-state index in [1.807, 2.05) is 30.3 Å². The second-order valence-corrected chi connectivity index (χ2v) is 9.62. The molecule has 2 bridgehead atoms. The summed E-state index contributed by atoms with van der Waals surface area (Å²) in [6.07, 6.45) is 5.70. The smallest absolute Gasteiger partial charge is 0.167 e. The molecular weight excluding hydrogens is 342 g/mol. The summed E-state index contributed by atoms with van der Waals surface area (Å²) < 4.78 is 0. The van der Waals surface area contributed by atoms with Gasteiger partial charge in [-0.2, -0.15) is 0 Å². The van der Waals surface area contributed by atoms with Gasteiger partial charge in [-0.05, 0) is 72.2 Å². The summed E-state index contributed by atoms with van der Waals surface area (Å²) >= 11 is 0. The molecule has 5 rings (SSSR count). The first kappa shape index (κ1) is 18.1. The third-order valence-corrected chi connectivity index (χ3v) is 7.84. The second-order valence-electron chi connectivity index (χ2n) is 9.62. The lowest BCUT2D eigenvalue weighted by Gasteiger charge is -2.55. The lowest BCUT2D eigenvalue weighted by molar-refractivity contribution is 0.0284. The number of piperidine rings is 1. The van der Waals surface area contributed by atoms with Crippen LogP contribution in [0.5, 0.6) is 0 Å². The molecule has 2 heteroatoms. The van der Waals surface area contributed by atoms with Gasteiger partial charge in [0.2, 0.25) is 0 Å². The van der Waals surface area contributed by atoms with Gasteiger partial charge >= 0.3 is 0 Å². The molecule has 2 nitrogen and oxygen atoms in total. The number of fused-ring (bicyclic) bond motifs is 4. The van der Waals surface area contributed by atoms with E-state index in [2.05, 4.69) is 36.9 Å². The zero-order chi connectivity index (χ0) is 19.3. The highest BCUT2D eigenvalue weighted by Crippen LogP contribution is 2.49. The molecule has 1 saturated heterocycles. The minimum atomic E-state index is 0.196. The maximum absolute atomic E-state index is 12.9. The molecule has 0 spiro atoms. The van der Waals surface area contributed by atoms with Crippen LogP contribution in [0.3, 0.4) is 0 Å². The van der Waals surface area contributed by atoms with Crippen molar-refractivity contribution in [2.75, 3.05) is 13.1 Å². The van der Waals surface area contributed by atoms with Crippen molar-refractivity contribution in [3.63, 3.8) is 0 Å². The van der Waals surface area contributed by atoms with E-state index in [1.54, 1.807) is 0 Å². The number of carbonyl (C=O) groups excluding carboxylic acids is 1. The van der Waals surface area contributed by atoms with Crippen molar-refractivity contribution < 1.29 is 4.79 Å². The quantitative estimate of drug-likeness (QED) is 0.684. The number of carbonyl (C=O) groups is 1. The fourth-order valence-electron chi connectivity index (χ4n) is 5.62. The Labute approximate surface area is 169 Å². The van der Waals surface area contributed by atoms with Crippen LogP contribution in [0, 0.1) is 11.8 Å². The zero-order valence-electron chi connectivity index (χ0n) is 17.2. The molecule has 1 aliphatic heterocycles. The number of hydrogen-bond acceptors (Lipinski definition) is 2. The normalized spacial score (nSPS) is 29.4. The molecule has 3 aliphatic rings. The first-order valence-corrected chi connectivity index (χ1v) is 11.0. The van der Waals surface area contributed by atoms with Gasteiger partial charge in [0.1, 0.15) is 0 Å². The molecule has 1 saturated carbocycles. The number of hydrogen-bond donors (Lipinski definition) is 0. The molecule has 3 atom stereocenters. The van der Waals surface area contributed by atoms with Gasteiger partial charge in [0.15, 0.2) is 5.78 Å². The molecule has 1 unspecified atom stereocenters. The van der Waals surface area contributed by atoms with E-state index in [1.165, 1.54) is 43.5 Å². The highest BCUT2D eigenvalue weighted by atomic mass is 16.1. The number of benzene rings is 2. The van der Waals surface area contributed by atoms with Crippen LogP contribution in [0.1, 0.15) is 60.2 Å². The number of likely N-dealkylation sites (tertiary alicyclic amines) is 1. The van der Waals surface area contributed by atoms with Crippen LogP contribution in [0.25, 0.3) is 0 Å². The number of rotatable bonds is 5. The van der Waals surface area contributed by atoms with Gasteiger partial charge in [-0.3, -0.25) is 9.69 Å². The lowest BCUT2D eigenvalue weighted by Crippen LogP contribution is -2.58. The third-order valence-electron chi connectivity index (χ3n) is 7.84. The lowest BCUT2D eigenvalue weighted by atomic mass is 9.58. The monoisotopic (exact) mass is 373 g/mol. The summed E-state index contributed by atoms with van der Waals surface area (Å²) in [7, 11) is 0. The fourth-order valence-corrected chi connectivity index (χ4v) is 5.62. The Hall–Kier alpha value is -1.93. The fraction of sp³-hybridized carbons (Fsp3) is 0.500. The van der Waals surface area contributed by atoms with Gasteiger partial charge in [-0.1, -0.05) is 56.3 Å². The summed E-state index contributed by atoms with van der Waals surface area (Å²) in [5, 5.41) is 0. The summed E-state index contributed by atoms with van der Waals surface area (Å²) in [6, 6.07) is 17.3. The summed E-state index contributed by atoms with van der Waals surface area (Å²) in [6.45, 7) is 7.41. The Morgan fingerprint density at radius 1 is 1.14 bits per heavy atom. The van der Waals surface area contributed by atoms with Crippen molar-refractivity contribution in [1.82, 2.24) is 4.90 Å². The molecule has 28 heavy (non-hydrogen) atoms. The van der Waals surface area contributed by atoms with Crippen molar-refractivity contribution in [2.45, 2.75) is 57.4 Å². The molecule has 2 aromatic carbocycles. The van der Waals surface area contributed by atoms with E-state index < -0.39 is 0 Å². The molecule has 146 valence electrons. The van der Waals surface area contributed by atoms with Crippen LogP contribution in [0.4, 0.5) is 0 Å². The molecular formula is C26H31NO. The molecule has 2 aliphatic carbocycles. The molecule has 0 radical (unpaired) electrons. The van der Waals surface area contributed by atoms with Gasteiger partial charge < -0.3 is 0 Å². The molecule has 0 amide bonds. The Morgan fingerprint density at radius 2 is 1.93 bits per heavy atom. The highest BCUT2D eigenvalue weighted by Gasteiger charge is 2.49. The second kappa shape index (κ2) is 6.84. The molecule has 1 heterocycles. The van der Waals surface area contributed by atoms with Crippen molar-refractivity contribution in [2.24, 2.45) is 11.8 Å². The SMILES string of the molecule is C[C@H]1C2Cc3ccc(C(=O)Cc4ccccc4)cc3[C@]1(C)CCN2CC1CC1. The predicted octanol–water partition coefficient (Wildman–Crippen LogP) is 5.05. The maximum Gasteiger partial charge on any atom is 0.167 e. The van der Waals surface area contributed by atoms with Crippen molar-refractivity contribution in [1.29, 1.82) is 0 Å². The van der Waals surface area contributed by atoms with Crippen LogP contribution in [0.2, 0.25) is 0 Å². The van der Waals surface area contributed by atoms with Gasteiger partial charge in [0.25, 0.3) is 0 Å². The maximum atomic E-state index is 12.9. The number of Topliss-reactive ketones (excluding diaryl/α,β-unsaturated/α-hetero) is 1. The van der Waals surface area contributed by atoms with E-state index in [0.717, 1.165) is 23.5 Å². The summed E-state index contributed by atoms with van der Waals surface area (Å²) in [4.78, 5) is 15.7. The van der Waals surface area contributed by atoms with Crippen LogP contribution >= 0.6 is 0 Å². The van der Waals surface area contributed by atoms with Gasteiger partial charge in [0.05, 0.1) is 0 Å². The molecule has 2 fully saturated rings. The Bertz CT molecular complexity index is 885. The minimum Gasteiger partial charge on any atom is -0.299 e. The average Bonchev–Trinajstić information content (AvgIpc) is 3.52. The predicted molar refractivity (Wildman–Crippen MR) is 114 cm³/mol. The van der Waals surface area contributed by atoms with E-state index in [9.17, 15) is 4.79 Å². The first-order valence-electron chi connectivity index (χ1n) is 11.0. The molecule has 0 aromatic heterocycles. The standard InChI is InChI=1S/C26H31NO/c1-18-24-16-21-10-11-22(25(28)14-19-6-4-3-5-7-19)15-23(21)26(18,2)12-13-27(24)17-20-8-9-20/h3-7,10-11,15,18,20,24H,8-9,12-14,16-17H2,1-2H3/t18-,24?,26+/m0/s1. The van der Waals surface area contributed by atoms with Crippen molar-refractivity contribution in [3.05, 3.63) is 70.8 Å². The van der Waals surface area contributed by atoms with Crippen LogP contribution in [0.15, 0.2) is 48.5 Å². The number of ketones is 1. The van der Waals surface area contributed by atoms with Crippen LogP contribution < -0.4 is 0 Å². The first-order chi connectivity index (χ1) is 13.5. The van der Waals surface area contributed by atoms with Crippen molar-refractivity contribution >= 4 is 5.78 Å². The molecule has 2 aromatic rings. The zero-order valence-corrected chi connectivity index (χ0v) is 17.2. The van der Waals surface area contributed by atoms with E-state index in [4.69, 9.17) is 0 Å². The summed E-state index contributed by atoms with van der Waals surface area (Å²) in [5.41, 5.74) is 5.10. The minimum absolute atomic E-state index is 0.196. The van der Waals surface area contributed by atoms with Crippen LogP contribution in [-0.4, -0.2) is 29.8 Å². The third kappa shape index (κ3) is 3.12. The van der Waals surface area contributed by atoms with E-state index in [0.29, 0.717) is 18.4 Å². The van der Waals surface area contributed by atoms with Gasteiger partial charge in [0, 0.05) is 24.6 Å². The van der Waals surface area contributed by atoms with E-state index >= 15 is 0 Å². The number of nitrogens with zero attached hydrogens (tertiary/aromatic N) is 1. The van der Waals surface area contributed by atoms with E-state index in [-0.39, 0.29) is 11.2 Å². The van der Waals surface area contributed by atoms with Crippen LogP contribution in [-0.2, 0) is 18.3 Å². The highest BCUT2D eigenvalue weighted by molar-refractivity contribution is 5.97. The topological polar surface area (TPSA) is 20.3 Å². The molecule has 0 N–H and O–H groups in total. The summed E-state index contributed by atoms with van der Waals surface area (Å²) in [5.74, 6) is 1.83. The average molecular weight is 374 g/mol. The van der Waals surface area contributed by atoms with Crippen molar-refractivity contribution in [3.8, 4) is 0 Å².